The molecule has 0 radical (unpaired) electrons. The highest BCUT2D eigenvalue weighted by molar-refractivity contribution is 7.47. The van der Waals surface area contributed by atoms with Crippen molar-refractivity contribution < 1.29 is 52.2 Å². The first-order chi connectivity index (χ1) is 35.2. The second-order valence-electron chi connectivity index (χ2n) is 19.1. The van der Waals surface area contributed by atoms with Crippen molar-refractivity contribution in [1.82, 2.24) is 0 Å². The molecule has 0 aliphatic carbocycles. The summed E-state index contributed by atoms with van der Waals surface area (Å²) in [7, 11) is -4.77. The van der Waals surface area contributed by atoms with Crippen molar-refractivity contribution in [2.45, 2.75) is 264 Å². The molecule has 0 amide bonds. The molecule has 72 heavy (non-hydrogen) atoms. The second kappa shape index (κ2) is 54.2. The van der Waals surface area contributed by atoms with Crippen LogP contribution < -0.4 is 0 Å². The summed E-state index contributed by atoms with van der Waals surface area (Å²) in [5, 5.41) is 9.78. The number of phosphoric ester groups is 1. The molecule has 0 rings (SSSR count). The molecule has 12 heteroatoms. The molecule has 416 valence electrons. The number of ether oxygens (including phenoxy) is 3. The molecular formula is C60H105O11P. The number of esters is 3. The van der Waals surface area contributed by atoms with E-state index in [0.29, 0.717) is 19.3 Å². The molecule has 0 bridgehead atoms. The van der Waals surface area contributed by atoms with E-state index in [4.69, 9.17) is 23.3 Å². The maximum atomic E-state index is 12.9. The third kappa shape index (κ3) is 51.8. The van der Waals surface area contributed by atoms with Crippen molar-refractivity contribution in [3.63, 3.8) is 0 Å². The molecule has 0 heterocycles. The lowest BCUT2D eigenvalue weighted by atomic mass is 10.0. The predicted octanol–water partition coefficient (Wildman–Crippen LogP) is 16.9. The maximum Gasteiger partial charge on any atom is 0.472 e. The Kier molecular flexibility index (Phi) is 51.9. The summed E-state index contributed by atoms with van der Waals surface area (Å²) in [6.45, 7) is 4.39. The van der Waals surface area contributed by atoms with E-state index >= 15 is 0 Å². The molecule has 0 saturated heterocycles. The first-order valence-electron chi connectivity index (χ1n) is 28.8. The molecule has 3 atom stereocenters. The summed E-state index contributed by atoms with van der Waals surface area (Å²) in [6.07, 6.45) is 60.4. The van der Waals surface area contributed by atoms with Gasteiger partial charge in [-0.15, -0.1) is 0 Å². The topological polar surface area (TPSA) is 155 Å². The minimum atomic E-state index is -4.77. The number of hydrogen-bond acceptors (Lipinski definition) is 10. The van der Waals surface area contributed by atoms with Crippen LogP contribution in [0.15, 0.2) is 72.9 Å². The van der Waals surface area contributed by atoms with Gasteiger partial charge in [-0.1, -0.05) is 241 Å². The van der Waals surface area contributed by atoms with Gasteiger partial charge in [0.05, 0.1) is 26.2 Å². The molecule has 0 spiro atoms. The summed E-state index contributed by atoms with van der Waals surface area (Å²) in [5.74, 6) is -1.60. The molecule has 0 fully saturated rings. The first-order valence-corrected chi connectivity index (χ1v) is 30.3. The molecule has 0 aliphatic heterocycles. The SMILES string of the molecule is CC/C=C\C/C=C\C/C=C\C/C=C\C/C=C\CC(=O)OC(CO)COP(=O)(O)OCC(COC(=O)CCCCCCC/C=C\CCCC)OC(=O)CCCCCCCCCCCCCCCCCCCCC. The van der Waals surface area contributed by atoms with Crippen molar-refractivity contribution in [2.24, 2.45) is 0 Å². The minimum absolute atomic E-state index is 0.0559. The van der Waals surface area contributed by atoms with Crippen LogP contribution in [0.3, 0.4) is 0 Å². The Morgan fingerprint density at radius 1 is 0.417 bits per heavy atom. The minimum Gasteiger partial charge on any atom is -0.462 e. The Morgan fingerprint density at radius 2 is 0.792 bits per heavy atom. The number of hydrogen-bond donors (Lipinski definition) is 2. The zero-order chi connectivity index (χ0) is 52.7. The van der Waals surface area contributed by atoms with E-state index in [9.17, 15) is 28.9 Å². The molecule has 0 saturated carbocycles. The predicted molar refractivity (Wildman–Crippen MR) is 298 cm³/mol. The maximum absolute atomic E-state index is 12.9. The Morgan fingerprint density at radius 3 is 1.25 bits per heavy atom. The zero-order valence-electron chi connectivity index (χ0n) is 45.9. The lowest BCUT2D eigenvalue weighted by molar-refractivity contribution is -0.161. The van der Waals surface area contributed by atoms with Gasteiger partial charge in [0.1, 0.15) is 12.7 Å². The van der Waals surface area contributed by atoms with Gasteiger partial charge in [-0.05, 0) is 64.2 Å². The van der Waals surface area contributed by atoms with Crippen LogP contribution in [-0.2, 0) is 42.2 Å². The van der Waals surface area contributed by atoms with Crippen LogP contribution in [0.2, 0.25) is 0 Å². The van der Waals surface area contributed by atoms with Gasteiger partial charge in [-0.3, -0.25) is 23.4 Å². The van der Waals surface area contributed by atoms with E-state index in [-0.39, 0.29) is 25.9 Å². The third-order valence-corrected chi connectivity index (χ3v) is 13.1. The highest BCUT2D eigenvalue weighted by Gasteiger charge is 2.28. The number of carbonyl (C=O) groups excluding carboxylic acids is 3. The van der Waals surface area contributed by atoms with E-state index < -0.39 is 57.8 Å². The van der Waals surface area contributed by atoms with Crippen LogP contribution in [-0.4, -0.2) is 66.5 Å². The van der Waals surface area contributed by atoms with Gasteiger partial charge in [-0.2, -0.15) is 0 Å². The number of rotatable bonds is 53. The number of aliphatic hydroxyl groups is 1. The van der Waals surface area contributed by atoms with Crippen molar-refractivity contribution >= 4 is 25.7 Å². The standard InChI is InChI=1S/C60H105O11P/c1-4-7-10-13-16-19-22-24-26-27-28-29-31-33-36-39-42-45-48-51-60(64)71-57(53-67-58(62)49-46-43-40-37-34-21-18-15-12-9-6-3)55-69-72(65,66)68-54-56(52-61)70-59(63)50-47-44-41-38-35-32-30-25-23-20-17-14-11-8-5-2/h8,11,15,17-18,20,25,30,35,38,44,47,56-57,61H,4-7,9-10,12-14,16,19,21-24,26-29,31-34,36-37,39-43,45-46,48-55H2,1-3H3,(H,65,66)/b11-8-,18-15-,20-17-,30-25-,38-35-,47-44-. The second-order valence-corrected chi connectivity index (χ2v) is 20.5. The smallest absolute Gasteiger partial charge is 0.462 e. The first kappa shape index (κ1) is 68.9. The van der Waals surface area contributed by atoms with Gasteiger partial charge >= 0.3 is 25.7 Å². The number of phosphoric acid groups is 1. The van der Waals surface area contributed by atoms with E-state index in [1.54, 1.807) is 6.08 Å². The summed E-state index contributed by atoms with van der Waals surface area (Å²) in [6, 6.07) is 0. The van der Waals surface area contributed by atoms with Crippen LogP contribution in [0.4, 0.5) is 0 Å². The van der Waals surface area contributed by atoms with Crippen LogP contribution in [0.5, 0.6) is 0 Å². The Hall–Kier alpha value is -3.08. The molecule has 0 aliphatic rings. The zero-order valence-corrected chi connectivity index (χ0v) is 46.8. The van der Waals surface area contributed by atoms with Gasteiger partial charge in [0, 0.05) is 12.8 Å². The van der Waals surface area contributed by atoms with Crippen LogP contribution in [0, 0.1) is 0 Å². The molecule has 3 unspecified atom stereocenters. The van der Waals surface area contributed by atoms with Gasteiger partial charge in [0.2, 0.25) is 0 Å². The summed E-state index contributed by atoms with van der Waals surface area (Å²) < 4.78 is 39.4. The number of carbonyl (C=O) groups is 3. The fourth-order valence-electron chi connectivity index (χ4n) is 7.77. The molecule has 2 N–H and O–H groups in total. The third-order valence-electron chi connectivity index (χ3n) is 12.1. The highest BCUT2D eigenvalue weighted by Crippen LogP contribution is 2.43. The Balaban J connectivity index is 4.74. The number of allylic oxidation sites excluding steroid dienone is 11. The van der Waals surface area contributed by atoms with Crippen molar-refractivity contribution in [3.8, 4) is 0 Å². The molecular weight excluding hydrogens is 928 g/mol. The largest absolute Gasteiger partial charge is 0.472 e. The van der Waals surface area contributed by atoms with Crippen molar-refractivity contribution in [2.75, 3.05) is 26.4 Å². The number of aliphatic hydroxyl groups excluding tert-OH is 1. The monoisotopic (exact) mass is 1030 g/mol. The van der Waals surface area contributed by atoms with Crippen LogP contribution in [0.25, 0.3) is 0 Å². The van der Waals surface area contributed by atoms with Crippen LogP contribution >= 0.6 is 7.82 Å². The van der Waals surface area contributed by atoms with E-state index in [1.807, 2.05) is 18.2 Å². The van der Waals surface area contributed by atoms with Crippen LogP contribution in [0.1, 0.15) is 252 Å². The summed E-state index contributed by atoms with van der Waals surface area (Å²) >= 11 is 0. The fraction of sp³-hybridized carbons (Fsp3) is 0.750. The van der Waals surface area contributed by atoms with E-state index in [0.717, 1.165) is 83.5 Å². The lowest BCUT2D eigenvalue weighted by Crippen LogP contribution is -2.30. The average molecular weight is 1030 g/mol. The van der Waals surface area contributed by atoms with E-state index in [1.165, 1.54) is 109 Å². The molecule has 0 aromatic rings. The normalized spacial score (nSPS) is 13.9. The Labute approximate surface area is 439 Å². The summed E-state index contributed by atoms with van der Waals surface area (Å²) in [5.41, 5.74) is 0. The van der Waals surface area contributed by atoms with Gasteiger partial charge in [0.15, 0.2) is 6.10 Å². The van der Waals surface area contributed by atoms with Gasteiger partial charge < -0.3 is 24.2 Å². The molecule has 0 aromatic heterocycles. The summed E-state index contributed by atoms with van der Waals surface area (Å²) in [4.78, 5) is 48.4. The molecule has 11 nitrogen and oxygen atoms in total. The average Bonchev–Trinajstić information content (AvgIpc) is 3.37. The van der Waals surface area contributed by atoms with Crippen molar-refractivity contribution in [1.29, 1.82) is 0 Å². The van der Waals surface area contributed by atoms with Gasteiger partial charge in [0.25, 0.3) is 0 Å². The lowest BCUT2D eigenvalue weighted by Gasteiger charge is -2.21. The fourth-order valence-corrected chi connectivity index (χ4v) is 8.55. The van der Waals surface area contributed by atoms with Gasteiger partial charge in [-0.25, -0.2) is 4.57 Å². The quantitative estimate of drug-likeness (QED) is 0.0197. The number of unbranched alkanes of at least 4 members (excludes halogenated alkanes) is 25. The van der Waals surface area contributed by atoms with Crippen molar-refractivity contribution in [3.05, 3.63) is 72.9 Å². The van der Waals surface area contributed by atoms with E-state index in [2.05, 4.69) is 69.4 Å². The molecule has 0 aromatic carbocycles. The Bertz CT molecular complexity index is 1490. The highest BCUT2D eigenvalue weighted by atomic mass is 31.2.